The monoisotopic (exact) mass is 572 g/mol. The lowest BCUT2D eigenvalue weighted by Gasteiger charge is -2.34. The Balaban J connectivity index is 1.91. The maximum atomic E-state index is 13.6. The van der Waals surface area contributed by atoms with Gasteiger partial charge in [-0.05, 0) is 68.3 Å². The number of hydrogen-bond acceptors (Lipinski definition) is 3. The summed E-state index contributed by atoms with van der Waals surface area (Å²) >= 11 is 10.9. The van der Waals surface area contributed by atoms with Gasteiger partial charge in [-0.2, -0.15) is 0 Å². The molecule has 0 bridgehead atoms. The van der Waals surface area contributed by atoms with Gasteiger partial charge in [-0.25, -0.2) is 0 Å². The van der Waals surface area contributed by atoms with Crippen LogP contribution < -0.4 is 5.32 Å². The van der Waals surface area contributed by atoms with E-state index in [0.717, 1.165) is 20.5 Å². The fourth-order valence-electron chi connectivity index (χ4n) is 3.55. The molecule has 1 N–H and O–H groups in total. The highest BCUT2D eigenvalue weighted by Crippen LogP contribution is 2.23. The molecule has 7 heteroatoms. The van der Waals surface area contributed by atoms with Gasteiger partial charge in [-0.15, -0.1) is 11.8 Å². The highest BCUT2D eigenvalue weighted by molar-refractivity contribution is 9.10. The highest BCUT2D eigenvalue weighted by Gasteiger charge is 2.32. The Hall–Kier alpha value is -2.28. The average molecular weight is 574 g/mol. The van der Waals surface area contributed by atoms with Gasteiger partial charge in [0.25, 0.3) is 0 Å². The van der Waals surface area contributed by atoms with E-state index >= 15 is 0 Å². The Morgan fingerprint density at radius 3 is 2.17 bits per heavy atom. The number of halogens is 2. The van der Waals surface area contributed by atoms with Gasteiger partial charge in [0.2, 0.25) is 11.8 Å². The molecule has 0 saturated heterocycles. The van der Waals surface area contributed by atoms with Crippen molar-refractivity contribution in [3.05, 3.63) is 99.5 Å². The van der Waals surface area contributed by atoms with Gasteiger partial charge in [0.15, 0.2) is 0 Å². The molecule has 0 spiro atoms. The van der Waals surface area contributed by atoms with Gasteiger partial charge in [0.05, 0.1) is 5.75 Å². The van der Waals surface area contributed by atoms with Crippen LogP contribution in [-0.2, 0) is 22.6 Å². The molecule has 0 unspecified atom stereocenters. The zero-order valence-electron chi connectivity index (χ0n) is 20.1. The molecule has 0 aliphatic carbocycles. The van der Waals surface area contributed by atoms with Gasteiger partial charge in [-0.3, -0.25) is 9.59 Å². The maximum absolute atomic E-state index is 13.6. The van der Waals surface area contributed by atoms with E-state index in [4.69, 9.17) is 11.6 Å². The highest BCUT2D eigenvalue weighted by atomic mass is 79.9. The first-order valence-electron chi connectivity index (χ1n) is 11.4. The van der Waals surface area contributed by atoms with Crippen molar-refractivity contribution in [1.82, 2.24) is 10.2 Å². The van der Waals surface area contributed by atoms with Crippen LogP contribution in [0, 0.1) is 0 Å². The lowest BCUT2D eigenvalue weighted by Crippen LogP contribution is -2.54. The van der Waals surface area contributed by atoms with E-state index in [1.807, 2.05) is 99.6 Å². The van der Waals surface area contributed by atoms with Crippen LogP contribution in [0.2, 0.25) is 5.02 Å². The second-order valence-electron chi connectivity index (χ2n) is 9.34. The van der Waals surface area contributed by atoms with E-state index in [1.54, 1.807) is 4.90 Å². The largest absolute Gasteiger partial charge is 0.350 e. The zero-order valence-corrected chi connectivity index (χ0v) is 23.3. The smallest absolute Gasteiger partial charge is 0.243 e. The number of amides is 2. The van der Waals surface area contributed by atoms with Gasteiger partial charge in [0, 0.05) is 32.9 Å². The third-order valence-electron chi connectivity index (χ3n) is 5.21. The number of thioether (sulfide) groups is 1. The second kappa shape index (κ2) is 12.6. The number of nitrogens with one attached hydrogen (secondary N) is 1. The molecule has 0 aliphatic rings. The van der Waals surface area contributed by atoms with Crippen molar-refractivity contribution < 1.29 is 9.59 Å². The van der Waals surface area contributed by atoms with Crippen molar-refractivity contribution in [3.63, 3.8) is 0 Å². The Bertz CT molecular complexity index is 1120. The number of nitrogens with zero attached hydrogens (tertiary/aromatic N) is 1. The molecule has 4 nitrogen and oxygen atoms in total. The molecular formula is C28H30BrClN2O2S. The summed E-state index contributed by atoms with van der Waals surface area (Å²) in [5.41, 5.74) is 1.54. The summed E-state index contributed by atoms with van der Waals surface area (Å²) in [4.78, 5) is 29.8. The first kappa shape index (κ1) is 27.3. The Kier molecular flexibility index (Phi) is 9.84. The third-order valence-corrected chi connectivity index (χ3v) is 6.99. The second-order valence-corrected chi connectivity index (χ2v) is 11.7. The minimum atomic E-state index is -0.654. The van der Waals surface area contributed by atoms with E-state index in [9.17, 15) is 9.59 Å². The molecule has 3 aromatic rings. The number of benzene rings is 3. The molecule has 0 aromatic heterocycles. The van der Waals surface area contributed by atoms with Gasteiger partial charge < -0.3 is 10.2 Å². The maximum Gasteiger partial charge on any atom is 0.243 e. The Labute approximate surface area is 225 Å². The van der Waals surface area contributed by atoms with E-state index in [2.05, 4.69) is 21.2 Å². The summed E-state index contributed by atoms with van der Waals surface area (Å²) in [5.74, 6) is -0.0483. The SMILES string of the molecule is CC(C)(C)NC(=O)[C@@H](Cc1ccccc1)N(Cc1ccc(Br)cc1)C(=O)CSc1ccc(Cl)cc1. The van der Waals surface area contributed by atoms with Crippen LogP contribution in [0.1, 0.15) is 31.9 Å². The lowest BCUT2D eigenvalue weighted by atomic mass is 10.0. The van der Waals surface area contributed by atoms with Gasteiger partial charge >= 0.3 is 0 Å². The topological polar surface area (TPSA) is 49.4 Å². The molecule has 3 rings (SSSR count). The molecule has 2 amide bonds. The standard InChI is InChI=1S/C28H30BrClN2O2S/c1-28(2,3)31-27(34)25(17-20-7-5-4-6-8-20)32(18-21-9-11-22(29)12-10-21)26(33)19-35-24-15-13-23(30)14-16-24/h4-16,25H,17-19H2,1-3H3,(H,31,34)/t25-/m1/s1. The first-order chi connectivity index (χ1) is 16.6. The molecular weight excluding hydrogens is 544 g/mol. The fraction of sp³-hybridized carbons (Fsp3) is 0.286. The first-order valence-corrected chi connectivity index (χ1v) is 13.5. The average Bonchev–Trinajstić information content (AvgIpc) is 2.81. The summed E-state index contributed by atoms with van der Waals surface area (Å²) in [6, 6.07) is 24.4. The quantitative estimate of drug-likeness (QED) is 0.288. The minimum Gasteiger partial charge on any atom is -0.350 e. The van der Waals surface area contributed by atoms with Crippen LogP contribution in [0.3, 0.4) is 0 Å². The van der Waals surface area contributed by atoms with E-state index in [1.165, 1.54) is 11.8 Å². The summed E-state index contributed by atoms with van der Waals surface area (Å²) in [5, 5.41) is 3.74. The number of rotatable bonds is 9. The van der Waals surface area contributed by atoms with E-state index < -0.39 is 11.6 Å². The van der Waals surface area contributed by atoms with Gasteiger partial charge in [0.1, 0.15) is 6.04 Å². The lowest BCUT2D eigenvalue weighted by molar-refractivity contribution is -0.140. The summed E-state index contributed by atoms with van der Waals surface area (Å²) < 4.78 is 0.962. The van der Waals surface area contributed by atoms with Gasteiger partial charge in [-0.1, -0.05) is 70.0 Å². The predicted molar refractivity (Wildman–Crippen MR) is 149 cm³/mol. The van der Waals surface area contributed by atoms with Crippen molar-refractivity contribution in [3.8, 4) is 0 Å². The molecule has 184 valence electrons. The molecule has 0 radical (unpaired) electrons. The van der Waals surface area contributed by atoms with Crippen LogP contribution in [-0.4, -0.2) is 34.0 Å². The van der Waals surface area contributed by atoms with Crippen LogP contribution in [0.4, 0.5) is 0 Å². The predicted octanol–water partition coefficient (Wildman–Crippen LogP) is 6.75. The molecule has 0 saturated carbocycles. The summed E-state index contributed by atoms with van der Waals surface area (Å²) in [7, 11) is 0. The Morgan fingerprint density at radius 1 is 0.943 bits per heavy atom. The van der Waals surface area contributed by atoms with Crippen molar-refractivity contribution in [2.75, 3.05) is 5.75 Å². The minimum absolute atomic E-state index is 0.0992. The molecule has 3 aromatic carbocycles. The van der Waals surface area contributed by atoms with Crippen LogP contribution in [0.25, 0.3) is 0 Å². The number of carbonyl (C=O) groups is 2. The normalized spacial score (nSPS) is 12.1. The summed E-state index contributed by atoms with van der Waals surface area (Å²) in [6.07, 6.45) is 0.427. The van der Waals surface area contributed by atoms with Crippen LogP contribution in [0.5, 0.6) is 0 Å². The number of carbonyl (C=O) groups excluding carboxylic acids is 2. The Morgan fingerprint density at radius 2 is 1.57 bits per heavy atom. The van der Waals surface area contributed by atoms with Crippen LogP contribution in [0.15, 0.2) is 88.2 Å². The molecule has 0 heterocycles. The summed E-state index contributed by atoms with van der Waals surface area (Å²) in [6.45, 7) is 6.17. The number of hydrogen-bond donors (Lipinski definition) is 1. The molecule has 0 fully saturated rings. The van der Waals surface area contributed by atoms with Crippen LogP contribution >= 0.6 is 39.3 Å². The van der Waals surface area contributed by atoms with Crippen molar-refractivity contribution in [2.24, 2.45) is 0 Å². The third kappa shape index (κ3) is 9.02. The van der Waals surface area contributed by atoms with E-state index in [0.29, 0.717) is 18.0 Å². The zero-order chi connectivity index (χ0) is 25.4. The van der Waals surface area contributed by atoms with Crippen molar-refractivity contribution >= 4 is 51.1 Å². The van der Waals surface area contributed by atoms with Crippen molar-refractivity contribution in [2.45, 2.75) is 50.2 Å². The molecule has 35 heavy (non-hydrogen) atoms. The van der Waals surface area contributed by atoms with Crippen molar-refractivity contribution in [1.29, 1.82) is 0 Å². The van der Waals surface area contributed by atoms with E-state index in [-0.39, 0.29) is 17.6 Å². The molecule has 1 atom stereocenters. The fourth-order valence-corrected chi connectivity index (χ4v) is 4.73. The molecule has 0 aliphatic heterocycles.